The van der Waals surface area contributed by atoms with E-state index in [1.54, 1.807) is 0 Å². The summed E-state index contributed by atoms with van der Waals surface area (Å²) >= 11 is 0. The number of anilines is 1. The highest BCUT2D eigenvalue weighted by Gasteiger charge is 2.32. The molecular weight excluding hydrogens is 236 g/mol. The van der Waals surface area contributed by atoms with E-state index in [9.17, 15) is 0 Å². The quantitative estimate of drug-likeness (QED) is 0.896. The number of hydrogen-bond acceptors (Lipinski definition) is 3. The third-order valence-electron chi connectivity index (χ3n) is 4.19. The van der Waals surface area contributed by atoms with E-state index in [0.717, 1.165) is 18.8 Å². The van der Waals surface area contributed by atoms with Crippen LogP contribution in [0.4, 0.5) is 5.69 Å². The highest BCUT2D eigenvalue weighted by Crippen LogP contribution is 2.39. The van der Waals surface area contributed by atoms with Gasteiger partial charge in [0.1, 0.15) is 11.6 Å². The van der Waals surface area contributed by atoms with E-state index in [4.69, 9.17) is 0 Å². The van der Waals surface area contributed by atoms with Gasteiger partial charge in [0, 0.05) is 24.2 Å². The fourth-order valence-electron chi connectivity index (χ4n) is 3.07. The molecule has 1 saturated carbocycles. The Kier molecular flexibility index (Phi) is 2.37. The molecule has 1 N–H and O–H groups in total. The fourth-order valence-corrected chi connectivity index (χ4v) is 3.07. The van der Waals surface area contributed by atoms with Gasteiger partial charge < -0.3 is 9.88 Å². The highest BCUT2D eigenvalue weighted by atomic mass is 15.3. The molecule has 98 valence electrons. The van der Waals surface area contributed by atoms with Crippen molar-refractivity contribution < 1.29 is 0 Å². The van der Waals surface area contributed by atoms with E-state index >= 15 is 0 Å². The molecule has 1 unspecified atom stereocenters. The lowest BCUT2D eigenvalue weighted by Gasteiger charge is -2.26. The second-order valence-corrected chi connectivity index (χ2v) is 5.65. The first-order valence-corrected chi connectivity index (χ1v) is 7.06. The lowest BCUT2D eigenvalue weighted by molar-refractivity contribution is 0.576. The van der Waals surface area contributed by atoms with E-state index in [1.807, 2.05) is 0 Å². The zero-order valence-electron chi connectivity index (χ0n) is 11.1. The molecule has 1 aliphatic carbocycles. The largest absolute Gasteiger partial charge is 0.384 e. The number of fused-ring (bicyclic) bond motifs is 1. The van der Waals surface area contributed by atoms with Gasteiger partial charge in [0.2, 0.25) is 0 Å². The Labute approximate surface area is 112 Å². The topological polar surface area (TPSA) is 42.7 Å². The molecule has 0 radical (unpaired) electrons. The van der Waals surface area contributed by atoms with Crippen molar-refractivity contribution in [2.24, 2.45) is 0 Å². The number of aromatic nitrogens is 3. The Hall–Kier alpha value is -1.84. The summed E-state index contributed by atoms with van der Waals surface area (Å²) in [5, 5.41) is 12.3. The summed E-state index contributed by atoms with van der Waals surface area (Å²) in [5.74, 6) is 2.68. The molecule has 0 spiro atoms. The minimum atomic E-state index is 0.441. The minimum absolute atomic E-state index is 0.441. The van der Waals surface area contributed by atoms with E-state index < -0.39 is 0 Å². The van der Waals surface area contributed by atoms with Gasteiger partial charge in [-0.1, -0.05) is 18.2 Å². The average molecular weight is 254 g/mol. The molecule has 2 aromatic rings. The summed E-state index contributed by atoms with van der Waals surface area (Å²) in [6, 6.07) is 9.21. The van der Waals surface area contributed by atoms with Crippen LogP contribution in [0.1, 0.15) is 42.0 Å². The second-order valence-electron chi connectivity index (χ2n) is 5.65. The van der Waals surface area contributed by atoms with Gasteiger partial charge in [-0.05, 0) is 37.8 Å². The van der Waals surface area contributed by atoms with Crippen LogP contribution >= 0.6 is 0 Å². The van der Waals surface area contributed by atoms with Crippen LogP contribution in [0.15, 0.2) is 24.3 Å². The Morgan fingerprint density at radius 1 is 1.21 bits per heavy atom. The van der Waals surface area contributed by atoms with Gasteiger partial charge in [0.05, 0.1) is 0 Å². The number of rotatable bonds is 2. The smallest absolute Gasteiger partial charge is 0.138 e. The first-order valence-electron chi connectivity index (χ1n) is 7.06. The second kappa shape index (κ2) is 4.08. The van der Waals surface area contributed by atoms with Gasteiger partial charge >= 0.3 is 0 Å². The average Bonchev–Trinajstić information content (AvgIpc) is 3.21. The molecule has 0 amide bonds. The molecule has 1 aromatic heterocycles. The zero-order chi connectivity index (χ0) is 12.8. The standard InChI is InChI=1S/C15H18N4/c1-10-17-18-15(19(10)13-6-7-13)12-8-11-4-2-3-5-14(11)16-9-12/h2-5,12-13,16H,6-9H2,1H3. The SMILES string of the molecule is Cc1nnc(C2CNc3ccccc3C2)n1C1CC1. The number of hydrogen-bond donors (Lipinski definition) is 1. The molecule has 1 aliphatic heterocycles. The maximum atomic E-state index is 4.45. The van der Waals surface area contributed by atoms with Gasteiger partial charge in [0.15, 0.2) is 0 Å². The van der Waals surface area contributed by atoms with Crippen molar-refractivity contribution in [1.82, 2.24) is 14.8 Å². The van der Waals surface area contributed by atoms with Gasteiger partial charge in [-0.15, -0.1) is 10.2 Å². The molecule has 4 rings (SSSR count). The zero-order valence-corrected chi connectivity index (χ0v) is 11.1. The van der Waals surface area contributed by atoms with Crippen molar-refractivity contribution in [1.29, 1.82) is 0 Å². The summed E-state index contributed by atoms with van der Waals surface area (Å²) in [6.07, 6.45) is 3.62. The van der Waals surface area contributed by atoms with Crippen LogP contribution in [0.3, 0.4) is 0 Å². The van der Waals surface area contributed by atoms with Crippen LogP contribution in [0.5, 0.6) is 0 Å². The van der Waals surface area contributed by atoms with Crippen LogP contribution in [0.2, 0.25) is 0 Å². The number of para-hydroxylation sites is 1. The molecule has 1 aromatic carbocycles. The van der Waals surface area contributed by atoms with Crippen LogP contribution < -0.4 is 5.32 Å². The molecule has 1 atom stereocenters. The Balaban J connectivity index is 1.68. The number of aryl methyl sites for hydroxylation is 1. The van der Waals surface area contributed by atoms with E-state index in [0.29, 0.717) is 12.0 Å². The first kappa shape index (κ1) is 11.0. The summed E-state index contributed by atoms with van der Waals surface area (Å²) in [4.78, 5) is 0. The number of nitrogens with one attached hydrogen (secondary N) is 1. The van der Waals surface area contributed by atoms with Crippen molar-refractivity contribution in [2.45, 2.75) is 38.1 Å². The summed E-state index contributed by atoms with van der Waals surface area (Å²) < 4.78 is 2.36. The number of nitrogens with zero attached hydrogens (tertiary/aromatic N) is 3. The van der Waals surface area contributed by atoms with E-state index in [-0.39, 0.29) is 0 Å². The fraction of sp³-hybridized carbons (Fsp3) is 0.467. The molecule has 1 fully saturated rings. The molecule has 2 aliphatic rings. The van der Waals surface area contributed by atoms with Gasteiger partial charge in [-0.3, -0.25) is 0 Å². The van der Waals surface area contributed by atoms with Gasteiger partial charge in [0.25, 0.3) is 0 Å². The normalized spacial score (nSPS) is 21.8. The molecule has 4 heteroatoms. The summed E-state index contributed by atoms with van der Waals surface area (Å²) in [6.45, 7) is 3.03. The van der Waals surface area contributed by atoms with Crippen molar-refractivity contribution in [2.75, 3.05) is 11.9 Å². The number of benzene rings is 1. The van der Waals surface area contributed by atoms with Crippen molar-refractivity contribution in [3.63, 3.8) is 0 Å². The lowest BCUT2D eigenvalue weighted by Crippen LogP contribution is -2.24. The van der Waals surface area contributed by atoms with Gasteiger partial charge in [-0.25, -0.2) is 0 Å². The monoisotopic (exact) mass is 254 g/mol. The molecule has 0 saturated heterocycles. The lowest BCUT2D eigenvalue weighted by atomic mass is 9.93. The van der Waals surface area contributed by atoms with Crippen molar-refractivity contribution >= 4 is 5.69 Å². The molecule has 19 heavy (non-hydrogen) atoms. The summed E-state index contributed by atoms with van der Waals surface area (Å²) in [7, 11) is 0. The van der Waals surface area contributed by atoms with Crippen molar-refractivity contribution in [3.05, 3.63) is 41.5 Å². The highest BCUT2D eigenvalue weighted by molar-refractivity contribution is 5.54. The first-order chi connectivity index (χ1) is 9.33. The molecule has 4 nitrogen and oxygen atoms in total. The van der Waals surface area contributed by atoms with E-state index in [1.165, 1.54) is 29.9 Å². The van der Waals surface area contributed by atoms with Crippen LogP contribution in [-0.2, 0) is 6.42 Å². The maximum absolute atomic E-state index is 4.45. The van der Waals surface area contributed by atoms with Crippen LogP contribution in [0.25, 0.3) is 0 Å². The third-order valence-corrected chi connectivity index (χ3v) is 4.19. The minimum Gasteiger partial charge on any atom is -0.384 e. The van der Waals surface area contributed by atoms with Crippen molar-refractivity contribution in [3.8, 4) is 0 Å². The van der Waals surface area contributed by atoms with E-state index in [2.05, 4.69) is 51.3 Å². The van der Waals surface area contributed by atoms with Crippen LogP contribution in [-0.4, -0.2) is 21.3 Å². The molecule has 2 heterocycles. The predicted molar refractivity (Wildman–Crippen MR) is 74.4 cm³/mol. The van der Waals surface area contributed by atoms with Gasteiger partial charge in [-0.2, -0.15) is 0 Å². The molecule has 0 bridgehead atoms. The predicted octanol–water partition coefficient (Wildman–Crippen LogP) is 2.67. The Morgan fingerprint density at radius 2 is 2.05 bits per heavy atom. The maximum Gasteiger partial charge on any atom is 0.138 e. The Bertz CT molecular complexity index is 612. The molecular formula is C15H18N4. The van der Waals surface area contributed by atoms with Crippen LogP contribution in [0, 0.1) is 6.92 Å². The third kappa shape index (κ3) is 1.82. The Morgan fingerprint density at radius 3 is 2.89 bits per heavy atom. The summed E-state index contributed by atoms with van der Waals surface area (Å²) in [5.41, 5.74) is 2.66.